The summed E-state index contributed by atoms with van der Waals surface area (Å²) in [4.78, 5) is 38.2. The first-order chi connectivity index (χ1) is 39.0. The van der Waals surface area contributed by atoms with Gasteiger partial charge >= 0.3 is 17.9 Å². The molecule has 0 aromatic rings. The third-order valence-electron chi connectivity index (χ3n) is 14.9. The van der Waals surface area contributed by atoms with Crippen molar-refractivity contribution in [2.75, 3.05) is 13.2 Å². The summed E-state index contributed by atoms with van der Waals surface area (Å²) < 4.78 is 16.8. The minimum absolute atomic E-state index is 0.0998. The number of rotatable bonds is 62. The van der Waals surface area contributed by atoms with Crippen molar-refractivity contribution in [3.63, 3.8) is 0 Å². The van der Waals surface area contributed by atoms with Gasteiger partial charge in [0.15, 0.2) is 6.10 Å². The van der Waals surface area contributed by atoms with E-state index in [9.17, 15) is 14.4 Å². The van der Waals surface area contributed by atoms with Crippen LogP contribution < -0.4 is 0 Å². The van der Waals surface area contributed by atoms with Crippen molar-refractivity contribution in [2.45, 2.75) is 348 Å². The van der Waals surface area contributed by atoms with E-state index in [-0.39, 0.29) is 31.6 Å². The lowest BCUT2D eigenvalue weighted by Crippen LogP contribution is -2.30. The van der Waals surface area contributed by atoms with Crippen molar-refractivity contribution in [2.24, 2.45) is 0 Å². The Labute approximate surface area is 490 Å². The van der Waals surface area contributed by atoms with Crippen molar-refractivity contribution in [1.29, 1.82) is 0 Å². The molecule has 6 nitrogen and oxygen atoms in total. The normalized spacial score (nSPS) is 12.6. The second-order valence-corrected chi connectivity index (χ2v) is 22.7. The van der Waals surface area contributed by atoms with Gasteiger partial charge in [-0.25, -0.2) is 0 Å². The molecule has 0 amide bonds. The van der Waals surface area contributed by atoms with Crippen LogP contribution in [0, 0.1) is 0 Å². The van der Waals surface area contributed by atoms with Gasteiger partial charge in [-0.2, -0.15) is 0 Å². The number of hydrogen-bond acceptors (Lipinski definition) is 6. The van der Waals surface area contributed by atoms with Gasteiger partial charge < -0.3 is 14.2 Å². The van der Waals surface area contributed by atoms with Crippen LogP contribution in [-0.4, -0.2) is 37.2 Å². The van der Waals surface area contributed by atoms with Gasteiger partial charge in [0.05, 0.1) is 6.42 Å². The second-order valence-electron chi connectivity index (χ2n) is 22.7. The second kappa shape index (κ2) is 67.1. The Morgan fingerprint density at radius 2 is 0.532 bits per heavy atom. The lowest BCUT2D eigenvalue weighted by molar-refractivity contribution is -0.166. The fourth-order valence-electron chi connectivity index (χ4n) is 9.85. The molecule has 0 saturated heterocycles. The van der Waals surface area contributed by atoms with Crippen molar-refractivity contribution >= 4 is 17.9 Å². The molecule has 0 heterocycles. The zero-order chi connectivity index (χ0) is 57.1. The molecule has 1 unspecified atom stereocenters. The van der Waals surface area contributed by atoms with Crippen LogP contribution in [-0.2, 0) is 28.6 Å². The summed E-state index contributed by atoms with van der Waals surface area (Å²) in [5.41, 5.74) is 0. The molecule has 0 N–H and O–H groups in total. The Kier molecular flexibility index (Phi) is 64.2. The molecular formula is C73H128O6. The summed E-state index contributed by atoms with van der Waals surface area (Å²) in [7, 11) is 0. The molecule has 1 atom stereocenters. The van der Waals surface area contributed by atoms with Gasteiger partial charge in [-0.15, -0.1) is 0 Å². The van der Waals surface area contributed by atoms with E-state index in [0.717, 1.165) is 77.0 Å². The van der Waals surface area contributed by atoms with E-state index in [1.165, 1.54) is 225 Å². The highest BCUT2D eigenvalue weighted by Gasteiger charge is 2.19. The third-order valence-corrected chi connectivity index (χ3v) is 14.9. The molecule has 6 heteroatoms. The monoisotopic (exact) mass is 1100 g/mol. The Morgan fingerprint density at radius 1 is 0.278 bits per heavy atom. The number of ether oxygens (including phenoxy) is 3. The molecule has 0 aliphatic carbocycles. The van der Waals surface area contributed by atoms with Gasteiger partial charge in [0.1, 0.15) is 13.2 Å². The maximum Gasteiger partial charge on any atom is 0.310 e. The fraction of sp³-hybridized carbons (Fsp3) is 0.767. The smallest absolute Gasteiger partial charge is 0.310 e. The van der Waals surface area contributed by atoms with Crippen LogP contribution in [0.3, 0.4) is 0 Å². The summed E-state index contributed by atoms with van der Waals surface area (Å²) in [5.74, 6) is -1.02. The van der Waals surface area contributed by atoms with Crippen LogP contribution in [0.5, 0.6) is 0 Å². The molecule has 79 heavy (non-hydrogen) atoms. The maximum absolute atomic E-state index is 12.8. The maximum atomic E-state index is 12.8. The Balaban J connectivity index is 4.23. The van der Waals surface area contributed by atoms with Crippen LogP contribution in [0.4, 0.5) is 0 Å². The highest BCUT2D eigenvalue weighted by atomic mass is 16.6. The van der Waals surface area contributed by atoms with Crippen LogP contribution in [0.15, 0.2) is 85.1 Å². The number of hydrogen-bond donors (Lipinski definition) is 0. The molecule has 0 radical (unpaired) electrons. The minimum atomic E-state index is -0.829. The molecular weight excluding hydrogens is 973 g/mol. The molecule has 0 aromatic heterocycles. The van der Waals surface area contributed by atoms with Gasteiger partial charge in [0.2, 0.25) is 0 Å². The predicted octanol–water partition coefficient (Wildman–Crippen LogP) is 23.4. The molecule has 0 fully saturated rings. The minimum Gasteiger partial charge on any atom is -0.462 e. The quantitative estimate of drug-likeness (QED) is 0.0261. The Bertz CT molecular complexity index is 1500. The molecule has 0 rings (SSSR count). The third kappa shape index (κ3) is 65.3. The molecule has 456 valence electrons. The Hall–Kier alpha value is -3.41. The van der Waals surface area contributed by atoms with Crippen molar-refractivity contribution in [3.8, 4) is 0 Å². The van der Waals surface area contributed by atoms with Gasteiger partial charge in [-0.05, 0) is 77.0 Å². The lowest BCUT2D eigenvalue weighted by Gasteiger charge is -2.18. The average Bonchev–Trinajstić information content (AvgIpc) is 3.45. The molecule has 0 aromatic carbocycles. The van der Waals surface area contributed by atoms with E-state index in [1.807, 2.05) is 6.08 Å². The van der Waals surface area contributed by atoms with Crippen LogP contribution in [0.25, 0.3) is 0 Å². The summed E-state index contributed by atoms with van der Waals surface area (Å²) in [6, 6.07) is 0. The van der Waals surface area contributed by atoms with Gasteiger partial charge in [-0.3, -0.25) is 14.4 Å². The highest BCUT2D eigenvalue weighted by molar-refractivity contribution is 5.72. The van der Waals surface area contributed by atoms with Gasteiger partial charge in [0, 0.05) is 12.8 Å². The van der Waals surface area contributed by atoms with E-state index in [2.05, 4.69) is 93.7 Å². The van der Waals surface area contributed by atoms with E-state index >= 15 is 0 Å². The molecule has 0 spiro atoms. The van der Waals surface area contributed by atoms with E-state index in [1.54, 1.807) is 6.08 Å². The van der Waals surface area contributed by atoms with Crippen molar-refractivity contribution in [1.82, 2.24) is 0 Å². The number of allylic oxidation sites excluding steroid dienone is 13. The van der Waals surface area contributed by atoms with Crippen LogP contribution in [0.1, 0.15) is 342 Å². The first-order valence-electron chi connectivity index (χ1n) is 34.1. The number of unbranched alkanes of at least 4 members (excludes halogenated alkanes) is 38. The van der Waals surface area contributed by atoms with Gasteiger partial charge in [0.25, 0.3) is 0 Å². The van der Waals surface area contributed by atoms with Crippen LogP contribution >= 0.6 is 0 Å². The zero-order valence-electron chi connectivity index (χ0n) is 52.4. The zero-order valence-corrected chi connectivity index (χ0v) is 52.4. The summed E-state index contributed by atoms with van der Waals surface area (Å²) in [5, 5.41) is 0. The highest BCUT2D eigenvalue weighted by Crippen LogP contribution is 2.17. The summed E-state index contributed by atoms with van der Waals surface area (Å²) in [6.45, 7) is 6.48. The van der Waals surface area contributed by atoms with Gasteiger partial charge in [-0.1, -0.05) is 331 Å². The Morgan fingerprint density at radius 3 is 0.835 bits per heavy atom. The molecule has 0 bridgehead atoms. The number of esters is 3. The first kappa shape index (κ1) is 75.6. The first-order valence-corrected chi connectivity index (χ1v) is 34.1. The van der Waals surface area contributed by atoms with Crippen LogP contribution in [0.2, 0.25) is 0 Å². The average molecular weight is 1100 g/mol. The van der Waals surface area contributed by atoms with E-state index in [4.69, 9.17) is 14.2 Å². The van der Waals surface area contributed by atoms with Crippen molar-refractivity contribution < 1.29 is 28.6 Å². The molecule has 0 aliphatic rings. The number of carbonyl (C=O) groups excluding carboxylic acids is 3. The van der Waals surface area contributed by atoms with E-state index < -0.39 is 12.1 Å². The molecule has 0 saturated carbocycles. The summed E-state index contributed by atoms with van der Waals surface area (Å²) >= 11 is 0. The van der Waals surface area contributed by atoms with Crippen molar-refractivity contribution in [3.05, 3.63) is 85.1 Å². The summed E-state index contributed by atoms with van der Waals surface area (Å²) in [6.07, 6.45) is 89.3. The largest absolute Gasteiger partial charge is 0.462 e. The topological polar surface area (TPSA) is 78.9 Å². The predicted molar refractivity (Wildman–Crippen MR) is 344 cm³/mol. The van der Waals surface area contributed by atoms with E-state index in [0.29, 0.717) is 12.8 Å². The SMILES string of the molecule is CC/C=C\C/C=C\C/C=C\C/C=C\C/C=C\CC(=O)OC(COC(=O)CCCCCCCCCCCCCCCCC)COC(=O)CCCCCCCCCCCCCCCCCCCCC/C=C\C/C=C\CCCCCCC. The lowest BCUT2D eigenvalue weighted by atomic mass is 10.0. The molecule has 0 aliphatic heterocycles. The standard InChI is InChI=1S/C73H128O6/c1-4-7-10-13-16-19-22-25-28-29-30-31-32-33-34-35-36-37-38-39-40-41-42-43-46-48-51-54-57-60-63-66-72(75)78-69-70(79-73(76)67-64-61-58-55-52-49-45-27-24-21-18-15-12-9-6-3)68-77-71(74)65-62-59-56-53-50-47-44-26-23-20-17-14-11-8-5-2/h9,12,18,21-22,25,27,29-30,45,52,55,61,64,70H,4-8,10-11,13-17,19-20,23-24,26,28,31-44,46-51,53-54,56-60,62-63,65-69H2,1-3H3/b12-9-,21-18-,25-22-,30-29-,45-27-,55-52-,64-61-. The fourth-order valence-corrected chi connectivity index (χ4v) is 9.85. The number of carbonyl (C=O) groups is 3.